The van der Waals surface area contributed by atoms with E-state index < -0.39 is 0 Å². The lowest BCUT2D eigenvalue weighted by atomic mass is 10.1. The van der Waals surface area contributed by atoms with Crippen molar-refractivity contribution in [3.8, 4) is 5.75 Å². The molecule has 0 radical (unpaired) electrons. The molecule has 0 aliphatic carbocycles. The van der Waals surface area contributed by atoms with Crippen molar-refractivity contribution >= 4 is 11.6 Å². The highest BCUT2D eigenvalue weighted by Crippen LogP contribution is 2.27. The van der Waals surface area contributed by atoms with Gasteiger partial charge in [-0.05, 0) is 63.0 Å². The number of hydrogen-bond donors (Lipinski definition) is 0. The second-order valence-electron chi connectivity index (χ2n) is 4.77. The van der Waals surface area contributed by atoms with Crippen molar-refractivity contribution < 1.29 is 4.74 Å². The molecular weight excluding hydrogens is 234 g/mol. The van der Waals surface area contributed by atoms with Crippen LogP contribution in [-0.4, -0.2) is 31.1 Å². The van der Waals surface area contributed by atoms with E-state index in [1.807, 2.05) is 26.0 Å². The van der Waals surface area contributed by atoms with Crippen molar-refractivity contribution in [1.82, 2.24) is 4.90 Å². The largest absolute Gasteiger partial charge is 0.492 e. The van der Waals surface area contributed by atoms with Gasteiger partial charge in [0.1, 0.15) is 12.4 Å². The van der Waals surface area contributed by atoms with E-state index in [4.69, 9.17) is 16.3 Å². The molecule has 94 valence electrons. The molecule has 0 bridgehead atoms. The van der Waals surface area contributed by atoms with Gasteiger partial charge in [-0.2, -0.15) is 0 Å². The summed E-state index contributed by atoms with van der Waals surface area (Å²) < 4.78 is 5.88. The van der Waals surface area contributed by atoms with Crippen molar-refractivity contribution in [3.05, 3.63) is 28.3 Å². The van der Waals surface area contributed by atoms with Crippen LogP contribution in [0.5, 0.6) is 5.75 Å². The van der Waals surface area contributed by atoms with Crippen molar-refractivity contribution in [1.29, 1.82) is 0 Å². The summed E-state index contributed by atoms with van der Waals surface area (Å²) in [4.78, 5) is 2.46. The van der Waals surface area contributed by atoms with E-state index in [0.29, 0.717) is 0 Å². The van der Waals surface area contributed by atoms with Crippen LogP contribution >= 0.6 is 11.6 Å². The minimum absolute atomic E-state index is 0.767. The van der Waals surface area contributed by atoms with E-state index in [-0.39, 0.29) is 0 Å². The zero-order valence-electron chi connectivity index (χ0n) is 10.6. The maximum atomic E-state index is 6.00. The molecule has 17 heavy (non-hydrogen) atoms. The Hall–Kier alpha value is -0.730. The Morgan fingerprint density at radius 2 is 1.76 bits per heavy atom. The molecular formula is C14H20ClNO. The van der Waals surface area contributed by atoms with Crippen LogP contribution in [0.25, 0.3) is 0 Å². The molecule has 2 rings (SSSR count). The number of rotatable bonds is 4. The standard InChI is InChI=1S/C14H20ClNO/c1-11-9-13(15)10-12(2)14(11)17-8-7-16-5-3-4-6-16/h9-10H,3-8H2,1-2H3. The summed E-state index contributed by atoms with van der Waals surface area (Å²) in [5.41, 5.74) is 2.24. The van der Waals surface area contributed by atoms with Crippen LogP contribution in [0.2, 0.25) is 5.02 Å². The van der Waals surface area contributed by atoms with Gasteiger partial charge in [-0.25, -0.2) is 0 Å². The van der Waals surface area contributed by atoms with E-state index in [9.17, 15) is 0 Å². The predicted molar refractivity (Wildman–Crippen MR) is 72.1 cm³/mol. The summed E-state index contributed by atoms with van der Waals surface area (Å²) >= 11 is 6.00. The summed E-state index contributed by atoms with van der Waals surface area (Å²) in [6.07, 6.45) is 2.66. The van der Waals surface area contributed by atoms with Gasteiger partial charge in [0.2, 0.25) is 0 Å². The first-order valence-electron chi connectivity index (χ1n) is 6.29. The summed E-state index contributed by atoms with van der Waals surface area (Å²) in [6.45, 7) is 8.34. The van der Waals surface area contributed by atoms with Gasteiger partial charge < -0.3 is 4.74 Å². The third-order valence-corrected chi connectivity index (χ3v) is 3.50. The number of nitrogens with zero attached hydrogens (tertiary/aromatic N) is 1. The Morgan fingerprint density at radius 3 is 2.35 bits per heavy atom. The van der Waals surface area contributed by atoms with E-state index in [2.05, 4.69) is 4.90 Å². The molecule has 1 aliphatic rings. The highest BCUT2D eigenvalue weighted by Gasteiger charge is 2.11. The highest BCUT2D eigenvalue weighted by atomic mass is 35.5. The van der Waals surface area contributed by atoms with Gasteiger partial charge in [0.05, 0.1) is 0 Å². The molecule has 1 aliphatic heterocycles. The average Bonchev–Trinajstić information content (AvgIpc) is 2.74. The Labute approximate surface area is 109 Å². The van der Waals surface area contributed by atoms with Gasteiger partial charge in [0, 0.05) is 11.6 Å². The minimum Gasteiger partial charge on any atom is -0.492 e. The lowest BCUT2D eigenvalue weighted by molar-refractivity contribution is 0.236. The average molecular weight is 254 g/mol. The molecule has 0 saturated carbocycles. The fourth-order valence-electron chi connectivity index (χ4n) is 2.41. The Kier molecular flexibility index (Phi) is 4.30. The molecule has 2 nitrogen and oxygen atoms in total. The third kappa shape index (κ3) is 3.36. The quantitative estimate of drug-likeness (QED) is 0.815. The number of halogens is 1. The van der Waals surface area contributed by atoms with Crippen LogP contribution < -0.4 is 4.74 Å². The number of benzene rings is 1. The number of likely N-dealkylation sites (tertiary alicyclic amines) is 1. The van der Waals surface area contributed by atoms with Crippen molar-refractivity contribution in [2.24, 2.45) is 0 Å². The Bertz CT molecular complexity index is 363. The molecule has 0 unspecified atom stereocenters. The molecule has 0 N–H and O–H groups in total. The molecule has 0 aromatic heterocycles. The van der Waals surface area contributed by atoms with E-state index in [1.165, 1.54) is 25.9 Å². The number of ether oxygens (including phenoxy) is 1. The molecule has 0 amide bonds. The maximum Gasteiger partial charge on any atom is 0.125 e. The summed E-state index contributed by atoms with van der Waals surface area (Å²) in [5.74, 6) is 0.994. The van der Waals surface area contributed by atoms with Crippen LogP contribution in [0.3, 0.4) is 0 Å². The molecule has 1 aromatic carbocycles. The lowest BCUT2D eigenvalue weighted by Crippen LogP contribution is -2.25. The van der Waals surface area contributed by atoms with Crippen molar-refractivity contribution in [3.63, 3.8) is 0 Å². The van der Waals surface area contributed by atoms with Gasteiger partial charge in [-0.1, -0.05) is 11.6 Å². The van der Waals surface area contributed by atoms with Crippen LogP contribution in [0.15, 0.2) is 12.1 Å². The van der Waals surface area contributed by atoms with Gasteiger partial charge in [-0.15, -0.1) is 0 Å². The number of hydrogen-bond acceptors (Lipinski definition) is 2. The number of aryl methyl sites for hydroxylation is 2. The smallest absolute Gasteiger partial charge is 0.125 e. The Morgan fingerprint density at radius 1 is 1.18 bits per heavy atom. The SMILES string of the molecule is Cc1cc(Cl)cc(C)c1OCCN1CCCC1. The maximum absolute atomic E-state index is 6.00. The first-order chi connectivity index (χ1) is 8.16. The molecule has 3 heteroatoms. The van der Waals surface area contributed by atoms with Crippen LogP contribution in [0, 0.1) is 13.8 Å². The second-order valence-corrected chi connectivity index (χ2v) is 5.20. The topological polar surface area (TPSA) is 12.5 Å². The van der Waals surface area contributed by atoms with Crippen LogP contribution in [0.1, 0.15) is 24.0 Å². The normalized spacial score (nSPS) is 16.4. The van der Waals surface area contributed by atoms with Crippen molar-refractivity contribution in [2.75, 3.05) is 26.2 Å². The minimum atomic E-state index is 0.767. The van der Waals surface area contributed by atoms with Gasteiger partial charge in [0.25, 0.3) is 0 Å². The second kappa shape index (κ2) is 5.74. The highest BCUT2D eigenvalue weighted by molar-refractivity contribution is 6.30. The monoisotopic (exact) mass is 253 g/mol. The summed E-state index contributed by atoms with van der Waals surface area (Å²) in [6, 6.07) is 3.92. The zero-order chi connectivity index (χ0) is 12.3. The predicted octanol–water partition coefficient (Wildman–Crippen LogP) is 3.43. The molecule has 0 atom stereocenters. The van der Waals surface area contributed by atoms with E-state index in [0.717, 1.165) is 35.1 Å². The van der Waals surface area contributed by atoms with E-state index >= 15 is 0 Å². The first-order valence-corrected chi connectivity index (χ1v) is 6.66. The first kappa shape index (κ1) is 12.7. The van der Waals surface area contributed by atoms with E-state index in [1.54, 1.807) is 0 Å². The molecule has 1 aromatic rings. The third-order valence-electron chi connectivity index (χ3n) is 3.28. The van der Waals surface area contributed by atoms with Gasteiger partial charge in [0.15, 0.2) is 0 Å². The van der Waals surface area contributed by atoms with Gasteiger partial charge in [-0.3, -0.25) is 4.90 Å². The zero-order valence-corrected chi connectivity index (χ0v) is 11.4. The van der Waals surface area contributed by atoms with Gasteiger partial charge >= 0.3 is 0 Å². The fraction of sp³-hybridized carbons (Fsp3) is 0.571. The van der Waals surface area contributed by atoms with Crippen molar-refractivity contribution in [2.45, 2.75) is 26.7 Å². The molecule has 0 spiro atoms. The fourth-order valence-corrected chi connectivity index (χ4v) is 2.74. The van der Waals surface area contributed by atoms with Crippen LogP contribution in [-0.2, 0) is 0 Å². The summed E-state index contributed by atoms with van der Waals surface area (Å²) in [7, 11) is 0. The lowest BCUT2D eigenvalue weighted by Gasteiger charge is -2.17. The van der Waals surface area contributed by atoms with Crippen LogP contribution in [0.4, 0.5) is 0 Å². The molecule has 1 fully saturated rings. The Balaban J connectivity index is 1.89. The summed E-state index contributed by atoms with van der Waals surface area (Å²) in [5, 5.41) is 0.784. The molecule has 1 saturated heterocycles. The molecule has 1 heterocycles.